The van der Waals surface area contributed by atoms with Crippen molar-refractivity contribution >= 4 is 17.5 Å². The maximum Gasteiger partial charge on any atom is 0.240 e. The minimum Gasteiger partial charge on any atom is -0.493 e. The third-order valence-electron chi connectivity index (χ3n) is 5.25. The van der Waals surface area contributed by atoms with Gasteiger partial charge in [0.15, 0.2) is 11.5 Å². The molecule has 0 spiro atoms. The summed E-state index contributed by atoms with van der Waals surface area (Å²) in [5.41, 5.74) is 0.501. The van der Waals surface area contributed by atoms with E-state index in [2.05, 4.69) is 0 Å². The quantitative estimate of drug-likeness (QED) is 0.592. The average molecular weight is 317 g/mol. The van der Waals surface area contributed by atoms with E-state index < -0.39 is 11.8 Å². The van der Waals surface area contributed by atoms with Crippen LogP contribution in [0.2, 0.25) is 0 Å². The predicted molar refractivity (Wildman–Crippen MR) is 76.3 cm³/mol. The van der Waals surface area contributed by atoms with E-state index in [9.17, 15) is 9.59 Å². The molecule has 4 heterocycles. The molecule has 0 aromatic heterocycles. The lowest BCUT2D eigenvalue weighted by Crippen LogP contribution is -2.35. The highest BCUT2D eigenvalue weighted by Crippen LogP contribution is 2.57. The van der Waals surface area contributed by atoms with Crippen molar-refractivity contribution in [3.05, 3.63) is 18.2 Å². The number of amides is 2. The van der Waals surface area contributed by atoms with Crippen LogP contribution in [-0.2, 0) is 19.1 Å². The first-order chi connectivity index (χ1) is 11.2. The van der Waals surface area contributed by atoms with Crippen LogP contribution in [0, 0.1) is 11.8 Å². The lowest BCUT2D eigenvalue weighted by atomic mass is 9.81. The zero-order chi connectivity index (χ0) is 15.9. The van der Waals surface area contributed by atoms with Gasteiger partial charge in [0, 0.05) is 6.07 Å². The van der Waals surface area contributed by atoms with Crippen LogP contribution in [0.5, 0.6) is 11.5 Å². The number of benzene rings is 1. The molecule has 1 aromatic carbocycles. The number of imide groups is 1. The molecule has 4 aliphatic heterocycles. The largest absolute Gasteiger partial charge is 0.493 e. The number of carbonyl (C=O) groups excluding carboxylic acids is 2. The van der Waals surface area contributed by atoms with Gasteiger partial charge in [0.1, 0.15) is 12.2 Å². The highest BCUT2D eigenvalue weighted by Gasteiger charge is 2.75. The van der Waals surface area contributed by atoms with Crippen LogP contribution in [0.1, 0.15) is 0 Å². The fraction of sp³-hybridized carbons (Fsp3) is 0.500. The van der Waals surface area contributed by atoms with Crippen molar-refractivity contribution in [1.82, 2.24) is 0 Å². The molecule has 4 saturated heterocycles. The molecule has 0 radical (unpaired) electrons. The number of hydrogen-bond acceptors (Lipinski definition) is 6. The van der Waals surface area contributed by atoms with E-state index in [1.807, 2.05) is 0 Å². The molecule has 2 bridgehead atoms. The molecular formula is C16H15NO6. The van der Waals surface area contributed by atoms with Gasteiger partial charge < -0.3 is 18.9 Å². The minimum atomic E-state index is -0.427. The topological polar surface area (TPSA) is 77.6 Å². The molecule has 23 heavy (non-hydrogen) atoms. The summed E-state index contributed by atoms with van der Waals surface area (Å²) >= 11 is 0. The Kier molecular flexibility index (Phi) is 2.46. The number of carbonyl (C=O) groups is 2. The summed E-state index contributed by atoms with van der Waals surface area (Å²) in [5, 5.41) is 0. The first kappa shape index (κ1) is 13.3. The number of rotatable bonds is 3. The van der Waals surface area contributed by atoms with Gasteiger partial charge in [-0.3, -0.25) is 9.59 Å². The Labute approximate surface area is 132 Å². The van der Waals surface area contributed by atoms with E-state index in [1.165, 1.54) is 19.1 Å². The number of nitrogens with zero attached hydrogens (tertiary/aromatic N) is 1. The second-order valence-electron chi connectivity index (χ2n) is 6.23. The molecule has 7 nitrogen and oxygen atoms in total. The summed E-state index contributed by atoms with van der Waals surface area (Å²) in [6.07, 6.45) is -0.583. The number of fused-ring (bicyclic) bond motifs is 8. The maximum absolute atomic E-state index is 12.8. The van der Waals surface area contributed by atoms with E-state index >= 15 is 0 Å². The number of hydrogen-bond donors (Lipinski definition) is 0. The van der Waals surface area contributed by atoms with Crippen LogP contribution in [0.25, 0.3) is 0 Å². The Bertz CT molecular complexity index is 701. The zero-order valence-electron chi connectivity index (χ0n) is 12.6. The molecule has 1 aromatic rings. The molecule has 7 heteroatoms. The summed E-state index contributed by atoms with van der Waals surface area (Å²) in [5.74, 6) is -0.252. The zero-order valence-corrected chi connectivity index (χ0v) is 12.6. The number of methoxy groups -OCH3 is 2. The Morgan fingerprint density at radius 1 is 0.870 bits per heavy atom. The van der Waals surface area contributed by atoms with Crippen LogP contribution < -0.4 is 14.4 Å². The molecule has 0 N–H and O–H groups in total. The van der Waals surface area contributed by atoms with Crippen LogP contribution in [0.4, 0.5) is 5.69 Å². The summed E-state index contributed by atoms with van der Waals surface area (Å²) in [6.45, 7) is 0. The SMILES string of the molecule is COc1ccc(N2C(=O)C3C4OC(C5OC54)C3C2=O)cc1OC. The van der Waals surface area contributed by atoms with Gasteiger partial charge in [-0.2, -0.15) is 0 Å². The molecule has 0 saturated carbocycles. The molecule has 6 atom stereocenters. The van der Waals surface area contributed by atoms with Crippen molar-refractivity contribution in [2.45, 2.75) is 24.4 Å². The van der Waals surface area contributed by atoms with E-state index in [0.717, 1.165) is 0 Å². The molecule has 4 fully saturated rings. The fourth-order valence-corrected chi connectivity index (χ4v) is 4.20. The molecule has 0 aliphatic carbocycles. The Morgan fingerprint density at radius 2 is 1.43 bits per heavy atom. The molecule has 120 valence electrons. The minimum absolute atomic E-state index is 0.0108. The second-order valence-corrected chi connectivity index (χ2v) is 6.23. The highest BCUT2D eigenvalue weighted by molar-refractivity contribution is 6.23. The van der Waals surface area contributed by atoms with Crippen LogP contribution in [0.3, 0.4) is 0 Å². The van der Waals surface area contributed by atoms with Crippen LogP contribution in [-0.4, -0.2) is 50.4 Å². The van der Waals surface area contributed by atoms with Crippen molar-refractivity contribution in [2.24, 2.45) is 11.8 Å². The number of epoxide rings is 1. The highest BCUT2D eigenvalue weighted by atomic mass is 16.7. The van der Waals surface area contributed by atoms with Crippen molar-refractivity contribution in [1.29, 1.82) is 0 Å². The standard InChI is InChI=1S/C16H15NO6/c1-20-7-4-3-6(5-8(7)21-2)17-15(18)9-10(16(17)19)12-14-13(23-14)11(9)22-12/h3-5,9-14H,1-2H3. The molecular weight excluding hydrogens is 302 g/mol. The first-order valence-corrected chi connectivity index (χ1v) is 7.56. The van der Waals surface area contributed by atoms with Crippen molar-refractivity contribution in [3.63, 3.8) is 0 Å². The van der Waals surface area contributed by atoms with E-state index in [0.29, 0.717) is 17.2 Å². The van der Waals surface area contributed by atoms with Gasteiger partial charge in [-0.05, 0) is 12.1 Å². The fourth-order valence-electron chi connectivity index (χ4n) is 4.20. The van der Waals surface area contributed by atoms with Crippen molar-refractivity contribution in [3.8, 4) is 11.5 Å². The van der Waals surface area contributed by atoms with Gasteiger partial charge in [-0.1, -0.05) is 0 Å². The third-order valence-corrected chi connectivity index (χ3v) is 5.25. The van der Waals surface area contributed by atoms with E-state index in [4.69, 9.17) is 18.9 Å². The number of ether oxygens (including phenoxy) is 4. The lowest BCUT2D eigenvalue weighted by molar-refractivity contribution is -0.126. The van der Waals surface area contributed by atoms with Gasteiger partial charge in [0.2, 0.25) is 11.8 Å². The monoisotopic (exact) mass is 317 g/mol. The smallest absolute Gasteiger partial charge is 0.240 e. The first-order valence-electron chi connectivity index (χ1n) is 7.56. The summed E-state index contributed by atoms with van der Waals surface area (Å²) in [4.78, 5) is 26.9. The normalized spacial score (nSPS) is 39.5. The Morgan fingerprint density at radius 3 is 2.00 bits per heavy atom. The van der Waals surface area contributed by atoms with Crippen molar-refractivity contribution < 1.29 is 28.5 Å². The summed E-state index contributed by atoms with van der Waals surface area (Å²) < 4.78 is 21.7. The van der Waals surface area contributed by atoms with Gasteiger partial charge in [0.05, 0.1) is 44.0 Å². The Hall–Kier alpha value is -2.12. The van der Waals surface area contributed by atoms with Crippen LogP contribution in [0.15, 0.2) is 18.2 Å². The number of anilines is 1. The molecule has 2 amide bonds. The van der Waals surface area contributed by atoms with Gasteiger partial charge in [-0.25, -0.2) is 4.90 Å². The van der Waals surface area contributed by atoms with Crippen LogP contribution >= 0.6 is 0 Å². The molecule has 6 unspecified atom stereocenters. The predicted octanol–water partition coefficient (Wildman–Crippen LogP) is 0.358. The third kappa shape index (κ3) is 1.51. The maximum atomic E-state index is 12.8. The van der Waals surface area contributed by atoms with E-state index in [1.54, 1.807) is 18.2 Å². The Balaban J connectivity index is 1.53. The lowest BCUT2D eigenvalue weighted by Gasteiger charge is -2.19. The second kappa shape index (κ2) is 4.24. The van der Waals surface area contributed by atoms with Gasteiger partial charge in [0.25, 0.3) is 0 Å². The van der Waals surface area contributed by atoms with Gasteiger partial charge >= 0.3 is 0 Å². The average Bonchev–Trinajstić information content (AvgIpc) is 3.08. The van der Waals surface area contributed by atoms with Gasteiger partial charge in [-0.15, -0.1) is 0 Å². The molecule has 4 aliphatic rings. The molecule has 5 rings (SSSR count). The van der Waals surface area contributed by atoms with Crippen molar-refractivity contribution in [2.75, 3.05) is 19.1 Å². The van der Waals surface area contributed by atoms with E-state index in [-0.39, 0.29) is 36.2 Å². The summed E-state index contributed by atoms with van der Waals surface area (Å²) in [6, 6.07) is 5.03. The summed E-state index contributed by atoms with van der Waals surface area (Å²) in [7, 11) is 3.05.